The monoisotopic (exact) mass is 861 g/mol. The molecule has 6 aromatic rings. The van der Waals surface area contributed by atoms with Gasteiger partial charge in [-0.1, -0.05) is 42.5 Å². The molecule has 2 heterocycles. The van der Waals surface area contributed by atoms with E-state index in [0.717, 1.165) is 87.7 Å². The fraction of sp³-hybridized carbons (Fsp3) is 0.327. The van der Waals surface area contributed by atoms with Crippen LogP contribution in [0.4, 0.5) is 22.7 Å². The highest BCUT2D eigenvalue weighted by Crippen LogP contribution is 2.27. The standard InChI is InChI=1S/C49H56N12O3/c1-6-60(7-2)41-23-25-43-45(31-41)61(40-12-9-8-10-13-40)44-30-38(20-24-42(44)54-43)56-55-37-18-21-39(22-19-37)59(5)28-11-27-50-48(63)49(3,4)33-64-29-26-46(62)51-32-35-14-16-36(17-15-35)47-57-52-34-53-58-47/h8-10,12-25,30-31H,6-7,11,26-29,32-34H2,1-5H3,(H2-,50,51,52,53,62,63)/p+1. The van der Waals surface area contributed by atoms with Gasteiger partial charge in [-0.2, -0.15) is 20.4 Å². The lowest BCUT2D eigenvalue weighted by Crippen LogP contribution is -2.41. The van der Waals surface area contributed by atoms with Gasteiger partial charge >= 0.3 is 0 Å². The minimum absolute atomic E-state index is 0.0930. The maximum atomic E-state index is 13.0. The van der Waals surface area contributed by atoms with Gasteiger partial charge in [0.1, 0.15) is 17.7 Å². The van der Waals surface area contributed by atoms with Crippen LogP contribution in [-0.4, -0.2) is 75.7 Å². The molecule has 15 nitrogen and oxygen atoms in total. The van der Waals surface area contributed by atoms with Gasteiger partial charge in [0.15, 0.2) is 5.84 Å². The zero-order chi connectivity index (χ0) is 44.9. The second-order valence-corrected chi connectivity index (χ2v) is 16.2. The molecule has 5 aromatic carbocycles. The van der Waals surface area contributed by atoms with E-state index in [0.29, 0.717) is 25.6 Å². The van der Waals surface area contributed by atoms with E-state index in [4.69, 9.17) is 9.72 Å². The number of hydrogen-bond acceptors (Lipinski definition) is 12. The fourth-order valence-corrected chi connectivity index (χ4v) is 7.32. The first-order chi connectivity index (χ1) is 31.1. The van der Waals surface area contributed by atoms with E-state index in [2.05, 4.69) is 112 Å². The number of hydrazone groups is 1. The average molecular weight is 862 g/mol. The number of azo groups is 2. The van der Waals surface area contributed by atoms with Crippen molar-refractivity contribution in [1.29, 1.82) is 0 Å². The third-order valence-electron chi connectivity index (χ3n) is 11.1. The number of carbonyl (C=O) groups excluding carboxylic acids is 2. The molecule has 0 bridgehead atoms. The number of rotatable bonds is 20. The van der Waals surface area contributed by atoms with Crippen LogP contribution < -0.4 is 30.4 Å². The summed E-state index contributed by atoms with van der Waals surface area (Å²) in [7, 11) is 2.03. The quantitative estimate of drug-likeness (QED) is 0.0301. The minimum atomic E-state index is -0.747. The number of aromatic nitrogens is 2. The summed E-state index contributed by atoms with van der Waals surface area (Å²) in [6.07, 6.45) is 0.953. The number of benzene rings is 5. The van der Waals surface area contributed by atoms with E-state index in [1.54, 1.807) is 0 Å². The van der Waals surface area contributed by atoms with E-state index in [1.807, 2.05) is 93.7 Å². The van der Waals surface area contributed by atoms with Crippen molar-refractivity contribution < 1.29 is 18.9 Å². The Morgan fingerprint density at radius 2 is 1.52 bits per heavy atom. The highest BCUT2D eigenvalue weighted by Gasteiger charge is 2.28. The Balaban J connectivity index is 0.856. The van der Waals surface area contributed by atoms with Gasteiger partial charge in [0, 0.05) is 87.4 Å². The molecule has 1 aliphatic rings. The molecule has 7 rings (SSSR count). The zero-order valence-electron chi connectivity index (χ0n) is 37.3. The number of carbonyl (C=O) groups is 2. The number of nitrogens with one attached hydrogen (secondary N) is 3. The first kappa shape index (κ1) is 44.9. The number of para-hydroxylation sites is 1. The predicted molar refractivity (Wildman–Crippen MR) is 253 cm³/mol. The molecule has 3 N–H and O–H groups in total. The van der Waals surface area contributed by atoms with Crippen molar-refractivity contribution in [1.82, 2.24) is 21.0 Å². The van der Waals surface area contributed by atoms with Crippen molar-refractivity contribution in [3.63, 3.8) is 0 Å². The lowest BCUT2D eigenvalue weighted by atomic mass is 9.93. The maximum Gasteiger partial charge on any atom is 0.239 e. The van der Waals surface area contributed by atoms with E-state index in [-0.39, 0.29) is 31.4 Å². The number of ether oxygens (including phenoxy) is 1. The van der Waals surface area contributed by atoms with Crippen LogP contribution in [0, 0.1) is 5.41 Å². The number of amidine groups is 1. The Morgan fingerprint density at radius 1 is 0.828 bits per heavy atom. The summed E-state index contributed by atoms with van der Waals surface area (Å²) in [5.41, 5.74) is 12.3. The third-order valence-corrected chi connectivity index (χ3v) is 11.1. The summed E-state index contributed by atoms with van der Waals surface area (Å²) in [5, 5.41) is 27.3. The topological polar surface area (TPSA) is 165 Å². The fourth-order valence-electron chi connectivity index (χ4n) is 7.32. The van der Waals surface area contributed by atoms with Crippen LogP contribution in [0.3, 0.4) is 0 Å². The molecule has 0 aliphatic carbocycles. The molecular weight excluding hydrogens is 805 g/mol. The van der Waals surface area contributed by atoms with Gasteiger partial charge < -0.3 is 25.2 Å². The molecule has 0 radical (unpaired) electrons. The summed E-state index contributed by atoms with van der Waals surface area (Å²) in [6, 6.07) is 38.4. The molecule has 0 saturated heterocycles. The first-order valence-electron chi connectivity index (χ1n) is 21.8. The highest BCUT2D eigenvalue weighted by atomic mass is 16.5. The minimum Gasteiger partial charge on any atom is -0.380 e. The summed E-state index contributed by atoms with van der Waals surface area (Å²) < 4.78 is 8.02. The van der Waals surface area contributed by atoms with Crippen molar-refractivity contribution >= 4 is 62.5 Å². The van der Waals surface area contributed by atoms with Gasteiger partial charge in [-0.3, -0.25) is 15.0 Å². The SMILES string of the molecule is CCN(CC)c1ccc2nc3ccc(N=Nc4ccc(N(C)CCCNC(=O)C(C)(C)COCCC(=O)NCc5ccc(C6=NNCN=N6)cc5)cc4)cc3[n+](-c3ccccc3)c2c1. The smallest absolute Gasteiger partial charge is 0.239 e. The van der Waals surface area contributed by atoms with Gasteiger partial charge in [0.25, 0.3) is 0 Å². The van der Waals surface area contributed by atoms with Crippen molar-refractivity contribution in [2.24, 2.45) is 31.0 Å². The highest BCUT2D eigenvalue weighted by molar-refractivity contribution is 5.99. The maximum absolute atomic E-state index is 13.0. The third kappa shape index (κ3) is 11.5. The van der Waals surface area contributed by atoms with Crippen LogP contribution in [0.2, 0.25) is 0 Å². The van der Waals surface area contributed by atoms with Crippen LogP contribution >= 0.6 is 0 Å². The number of fused-ring (bicyclic) bond motifs is 2. The average Bonchev–Trinajstić information content (AvgIpc) is 3.33. The Morgan fingerprint density at radius 3 is 2.23 bits per heavy atom. The molecule has 330 valence electrons. The summed E-state index contributed by atoms with van der Waals surface area (Å²) >= 11 is 0. The summed E-state index contributed by atoms with van der Waals surface area (Å²) in [6.45, 7) is 12.3. The van der Waals surface area contributed by atoms with Gasteiger partial charge in [-0.05, 0) is 88.2 Å². The summed E-state index contributed by atoms with van der Waals surface area (Å²) in [4.78, 5) is 35.0. The molecular formula is C49H57N12O3+. The molecule has 1 aliphatic heterocycles. The van der Waals surface area contributed by atoms with E-state index < -0.39 is 5.41 Å². The van der Waals surface area contributed by atoms with E-state index in [1.165, 1.54) is 0 Å². The number of nitrogens with zero attached hydrogens (tertiary/aromatic N) is 9. The Hall–Kier alpha value is -7.13. The molecule has 0 atom stereocenters. The van der Waals surface area contributed by atoms with E-state index in [9.17, 15) is 9.59 Å². The Labute approximate surface area is 374 Å². The molecule has 0 spiro atoms. The number of anilines is 2. The molecule has 2 amide bonds. The van der Waals surface area contributed by atoms with Crippen molar-refractivity contribution in [2.75, 3.05) is 62.9 Å². The predicted octanol–water partition coefficient (Wildman–Crippen LogP) is 8.29. The lowest BCUT2D eigenvalue weighted by Gasteiger charge is -2.24. The van der Waals surface area contributed by atoms with Gasteiger partial charge in [-0.15, -0.1) is 9.68 Å². The Bertz CT molecular complexity index is 2630. The Kier molecular flexibility index (Phi) is 14.9. The summed E-state index contributed by atoms with van der Waals surface area (Å²) in [5.74, 6) is 0.304. The number of amides is 2. The van der Waals surface area contributed by atoms with Gasteiger partial charge in [-0.25, -0.2) is 4.98 Å². The number of hydrogen-bond donors (Lipinski definition) is 3. The van der Waals surface area contributed by atoms with Crippen LogP contribution in [-0.2, 0) is 20.9 Å². The second-order valence-electron chi connectivity index (χ2n) is 16.2. The van der Waals surface area contributed by atoms with Crippen LogP contribution in [0.15, 0.2) is 141 Å². The zero-order valence-corrected chi connectivity index (χ0v) is 37.3. The van der Waals surface area contributed by atoms with Crippen molar-refractivity contribution in [3.05, 3.63) is 126 Å². The first-order valence-corrected chi connectivity index (χ1v) is 21.8. The molecule has 64 heavy (non-hydrogen) atoms. The van der Waals surface area contributed by atoms with Crippen LogP contribution in [0.25, 0.3) is 27.8 Å². The van der Waals surface area contributed by atoms with Crippen LogP contribution in [0.1, 0.15) is 51.7 Å². The normalized spacial score (nSPS) is 12.6. The molecule has 0 fully saturated rings. The molecule has 1 aromatic heterocycles. The van der Waals surface area contributed by atoms with Crippen molar-refractivity contribution in [2.45, 2.75) is 47.1 Å². The molecule has 15 heteroatoms. The van der Waals surface area contributed by atoms with Crippen LogP contribution in [0.5, 0.6) is 0 Å². The van der Waals surface area contributed by atoms with E-state index >= 15 is 0 Å². The second kappa shape index (κ2) is 21.3. The molecule has 0 saturated carbocycles. The lowest BCUT2D eigenvalue weighted by molar-refractivity contribution is -0.538. The molecule has 0 unspecified atom stereocenters. The van der Waals surface area contributed by atoms with Gasteiger partial charge in [0.2, 0.25) is 28.5 Å². The van der Waals surface area contributed by atoms with Crippen molar-refractivity contribution in [3.8, 4) is 5.69 Å². The largest absolute Gasteiger partial charge is 0.380 e. The van der Waals surface area contributed by atoms with Gasteiger partial charge in [0.05, 0.1) is 30.0 Å².